The maximum Gasteiger partial charge on any atom is 0.471 e. The van der Waals surface area contributed by atoms with Gasteiger partial charge >= 0.3 is 24.3 Å². The first-order valence-electron chi connectivity index (χ1n) is 14.5. The second kappa shape index (κ2) is 13.7. The molecule has 9 nitrogen and oxygen atoms in total. The van der Waals surface area contributed by atoms with E-state index in [2.05, 4.69) is 14.9 Å². The minimum absolute atomic E-state index is 0.0509. The van der Waals surface area contributed by atoms with E-state index in [0.29, 0.717) is 6.54 Å². The number of piperazine rings is 2. The van der Waals surface area contributed by atoms with E-state index in [4.69, 9.17) is 14.2 Å². The summed E-state index contributed by atoms with van der Waals surface area (Å²) >= 11 is 0. The zero-order valence-corrected chi connectivity index (χ0v) is 25.1. The van der Waals surface area contributed by atoms with Crippen molar-refractivity contribution in [2.45, 2.75) is 36.9 Å². The van der Waals surface area contributed by atoms with E-state index in [1.807, 2.05) is 65.6 Å². The number of carbonyl (C=O) groups excluding carboxylic acids is 1. The Morgan fingerprint density at radius 2 is 1.46 bits per heavy atom. The number of fused-ring (bicyclic) bond motifs is 1. The smallest absolute Gasteiger partial charge is 0.471 e. The lowest BCUT2D eigenvalue weighted by atomic mass is 9.81. The van der Waals surface area contributed by atoms with E-state index in [-0.39, 0.29) is 68.0 Å². The first-order chi connectivity index (χ1) is 21.9. The Kier molecular flexibility index (Phi) is 9.91. The molecule has 15 heteroatoms. The molecule has 5 rings (SSSR count). The fourth-order valence-electron chi connectivity index (χ4n) is 6.27. The Hall–Kier alpha value is -4.11. The van der Waals surface area contributed by atoms with E-state index in [1.165, 1.54) is 14.2 Å². The van der Waals surface area contributed by atoms with Crippen molar-refractivity contribution in [3.05, 3.63) is 77.4 Å². The zero-order valence-electron chi connectivity index (χ0n) is 25.1. The first-order valence-corrected chi connectivity index (χ1v) is 14.5. The van der Waals surface area contributed by atoms with Crippen LogP contribution >= 0.6 is 0 Å². The van der Waals surface area contributed by atoms with Crippen molar-refractivity contribution >= 4 is 5.91 Å². The average molecular weight is 654 g/mol. The van der Waals surface area contributed by atoms with E-state index < -0.39 is 30.9 Å². The molecule has 3 aromatic rings. The molecule has 2 aliphatic rings. The fraction of sp³-hybridized carbons (Fsp3) is 0.452. The zero-order chi connectivity index (χ0) is 33.1. The van der Waals surface area contributed by atoms with Crippen molar-refractivity contribution in [2.24, 2.45) is 0 Å². The van der Waals surface area contributed by atoms with Gasteiger partial charge in [-0.2, -0.15) is 36.3 Å². The van der Waals surface area contributed by atoms with Crippen LogP contribution in [0.3, 0.4) is 0 Å². The number of aromatic nitrogens is 2. The van der Waals surface area contributed by atoms with Gasteiger partial charge in [0.05, 0.1) is 19.8 Å². The highest BCUT2D eigenvalue weighted by molar-refractivity contribution is 5.82. The lowest BCUT2D eigenvalue weighted by Crippen LogP contribution is -2.68. The van der Waals surface area contributed by atoms with Crippen molar-refractivity contribution in [2.75, 3.05) is 53.6 Å². The Morgan fingerprint density at radius 3 is 2.00 bits per heavy atom. The van der Waals surface area contributed by atoms with Crippen molar-refractivity contribution in [3.8, 4) is 17.8 Å². The SMILES string of the molecule is COc1nc(OC)c(CN2C[C@@H]3CN(C(=O)C(F)(F)F)CCN3[C@H](C(c3ccccc3)c3ccccc3)C2)c(OCC(F)(F)F)n1. The highest BCUT2D eigenvalue weighted by Gasteiger charge is 2.48. The molecule has 0 spiro atoms. The molecule has 248 valence electrons. The monoisotopic (exact) mass is 653 g/mol. The lowest BCUT2D eigenvalue weighted by Gasteiger charge is -2.53. The van der Waals surface area contributed by atoms with Crippen LogP contribution in [-0.2, 0) is 11.3 Å². The third-order valence-electron chi connectivity index (χ3n) is 8.14. The molecule has 2 atom stereocenters. The van der Waals surface area contributed by atoms with Gasteiger partial charge in [-0.15, -0.1) is 0 Å². The molecule has 2 aliphatic heterocycles. The topological polar surface area (TPSA) is 80.3 Å². The maximum absolute atomic E-state index is 13.5. The number of halogens is 6. The van der Waals surface area contributed by atoms with Gasteiger partial charge in [-0.1, -0.05) is 60.7 Å². The summed E-state index contributed by atoms with van der Waals surface area (Å²) in [5.41, 5.74) is 2.08. The van der Waals surface area contributed by atoms with E-state index >= 15 is 0 Å². The second-order valence-corrected chi connectivity index (χ2v) is 11.1. The molecule has 2 fully saturated rings. The molecule has 2 aromatic carbocycles. The van der Waals surface area contributed by atoms with Gasteiger partial charge in [-0.25, -0.2) is 0 Å². The van der Waals surface area contributed by atoms with Gasteiger partial charge < -0.3 is 19.1 Å². The predicted molar refractivity (Wildman–Crippen MR) is 154 cm³/mol. The van der Waals surface area contributed by atoms with Crippen molar-refractivity contribution < 1.29 is 45.3 Å². The van der Waals surface area contributed by atoms with Crippen LogP contribution in [0.15, 0.2) is 60.7 Å². The van der Waals surface area contributed by atoms with E-state index in [9.17, 15) is 31.1 Å². The molecule has 1 amide bonds. The van der Waals surface area contributed by atoms with Gasteiger partial charge in [0.1, 0.15) is 0 Å². The number of alkyl halides is 6. The summed E-state index contributed by atoms with van der Waals surface area (Å²) in [6, 6.07) is 18.3. The highest BCUT2D eigenvalue weighted by Crippen LogP contribution is 2.38. The van der Waals surface area contributed by atoms with Crippen LogP contribution in [0.2, 0.25) is 0 Å². The van der Waals surface area contributed by atoms with Crippen molar-refractivity contribution in [3.63, 3.8) is 0 Å². The normalized spacial score (nSPS) is 19.5. The minimum Gasteiger partial charge on any atom is -0.481 e. The molecule has 3 heterocycles. The molecule has 0 bridgehead atoms. The number of carbonyl (C=O) groups is 1. The van der Waals surface area contributed by atoms with Gasteiger partial charge in [0.2, 0.25) is 11.8 Å². The predicted octanol–water partition coefficient (Wildman–Crippen LogP) is 4.53. The second-order valence-electron chi connectivity index (χ2n) is 11.1. The molecule has 0 radical (unpaired) electrons. The van der Waals surface area contributed by atoms with Crippen LogP contribution in [0, 0.1) is 0 Å². The summed E-state index contributed by atoms with van der Waals surface area (Å²) in [5, 5.41) is 0. The quantitative estimate of drug-likeness (QED) is 0.312. The molecule has 0 N–H and O–H groups in total. The maximum atomic E-state index is 13.5. The van der Waals surface area contributed by atoms with Crippen LogP contribution < -0.4 is 14.2 Å². The average Bonchev–Trinajstić information content (AvgIpc) is 3.03. The minimum atomic E-state index is -5.02. The molecular formula is C31H33F6N5O4. The third-order valence-corrected chi connectivity index (χ3v) is 8.14. The molecule has 0 aliphatic carbocycles. The van der Waals surface area contributed by atoms with E-state index in [1.54, 1.807) is 0 Å². The molecule has 2 saturated heterocycles. The summed E-state index contributed by atoms with van der Waals surface area (Å²) in [7, 11) is 2.54. The van der Waals surface area contributed by atoms with Crippen molar-refractivity contribution in [1.82, 2.24) is 24.7 Å². The van der Waals surface area contributed by atoms with Gasteiger partial charge in [-0.3, -0.25) is 14.6 Å². The standard InChI is InChI=1S/C31H33F6N5O4/c1-44-26-23(27(39-29(38-26)45-2)46-19-30(32,33)34)17-40-15-22-16-41(28(43)31(35,36)37)13-14-42(22)24(18-40)25(20-9-5-3-6-10-20)21-11-7-4-8-12-21/h3-12,22,24-25H,13-19H2,1-2H3/t22-,24+/m1/s1. The van der Waals surface area contributed by atoms with Crippen LogP contribution in [0.25, 0.3) is 0 Å². The molecule has 1 aromatic heterocycles. The summed E-state index contributed by atoms with van der Waals surface area (Å²) in [4.78, 5) is 25.3. The molecular weight excluding hydrogens is 620 g/mol. The number of hydrogen-bond donors (Lipinski definition) is 0. The van der Waals surface area contributed by atoms with Crippen LogP contribution in [0.5, 0.6) is 17.8 Å². The number of methoxy groups -OCH3 is 2. The highest BCUT2D eigenvalue weighted by atomic mass is 19.4. The number of rotatable bonds is 9. The molecule has 46 heavy (non-hydrogen) atoms. The van der Waals surface area contributed by atoms with Crippen LogP contribution in [-0.4, -0.2) is 109 Å². The third kappa shape index (κ3) is 7.64. The summed E-state index contributed by atoms with van der Waals surface area (Å²) in [6.07, 6.45) is -9.68. The first kappa shape index (κ1) is 33.3. The fourth-order valence-corrected chi connectivity index (χ4v) is 6.27. The number of amides is 1. The Labute approximate surface area is 261 Å². The van der Waals surface area contributed by atoms with Crippen LogP contribution in [0.4, 0.5) is 26.3 Å². The summed E-state index contributed by atoms with van der Waals surface area (Å²) < 4.78 is 95.4. The molecule has 0 saturated carbocycles. The van der Waals surface area contributed by atoms with Crippen molar-refractivity contribution in [1.29, 1.82) is 0 Å². The number of nitrogens with zero attached hydrogens (tertiary/aromatic N) is 5. The number of benzene rings is 2. The Morgan fingerprint density at radius 1 is 0.848 bits per heavy atom. The summed E-state index contributed by atoms with van der Waals surface area (Å²) in [6.45, 7) is -1.19. The molecule has 0 unspecified atom stereocenters. The van der Waals surface area contributed by atoms with Gasteiger partial charge in [-0.05, 0) is 11.1 Å². The largest absolute Gasteiger partial charge is 0.481 e. The number of ether oxygens (including phenoxy) is 3. The summed E-state index contributed by atoms with van der Waals surface area (Å²) in [5.74, 6) is -2.59. The van der Waals surface area contributed by atoms with Gasteiger partial charge in [0, 0.05) is 57.3 Å². The Balaban J connectivity index is 1.55. The van der Waals surface area contributed by atoms with E-state index in [0.717, 1.165) is 16.0 Å². The Bertz CT molecular complexity index is 1440. The van der Waals surface area contributed by atoms with Gasteiger partial charge in [0.15, 0.2) is 6.61 Å². The lowest BCUT2D eigenvalue weighted by molar-refractivity contribution is -0.189. The number of hydrogen-bond acceptors (Lipinski definition) is 8. The van der Waals surface area contributed by atoms with Gasteiger partial charge in [0.25, 0.3) is 0 Å². The van der Waals surface area contributed by atoms with Crippen LogP contribution in [0.1, 0.15) is 22.6 Å².